The summed E-state index contributed by atoms with van der Waals surface area (Å²) in [6.45, 7) is 1.66. The first kappa shape index (κ1) is 20.9. The van der Waals surface area contributed by atoms with Gasteiger partial charge in [0.1, 0.15) is 6.54 Å². The lowest BCUT2D eigenvalue weighted by molar-refractivity contribution is -0.137. The van der Waals surface area contributed by atoms with Gasteiger partial charge in [0.2, 0.25) is 5.91 Å². The quantitative estimate of drug-likeness (QED) is 0.650. The van der Waals surface area contributed by atoms with E-state index in [9.17, 15) is 22.8 Å². The number of hydrogen-bond donors (Lipinski definition) is 0. The molecule has 1 unspecified atom stereocenters. The Balaban J connectivity index is 1.72. The minimum atomic E-state index is -3.15. The molecule has 0 N–H and O–H groups in total. The first-order chi connectivity index (χ1) is 13.2. The van der Waals surface area contributed by atoms with Crippen LogP contribution >= 0.6 is 23.4 Å². The lowest BCUT2D eigenvalue weighted by Gasteiger charge is -2.28. The zero-order chi connectivity index (χ0) is 20.5. The van der Waals surface area contributed by atoms with Gasteiger partial charge in [-0.2, -0.15) is 0 Å². The number of carbonyl (C=O) groups excluding carboxylic acids is 3. The Morgan fingerprint density at radius 2 is 2.14 bits per heavy atom. The predicted molar refractivity (Wildman–Crippen MR) is 109 cm³/mol. The highest BCUT2D eigenvalue weighted by molar-refractivity contribution is 8.18. The molecule has 0 bridgehead atoms. The van der Waals surface area contributed by atoms with E-state index in [0.29, 0.717) is 23.6 Å². The van der Waals surface area contributed by atoms with Crippen LogP contribution in [0.5, 0.6) is 0 Å². The summed E-state index contributed by atoms with van der Waals surface area (Å²) in [6.07, 6.45) is 1.93. The van der Waals surface area contributed by atoms with Crippen LogP contribution in [0.2, 0.25) is 5.02 Å². The lowest BCUT2D eigenvalue weighted by atomic mass is 10.2. The highest BCUT2D eigenvalue weighted by atomic mass is 35.5. The maximum Gasteiger partial charge on any atom is 0.294 e. The van der Waals surface area contributed by atoms with Gasteiger partial charge in [-0.05, 0) is 48.9 Å². The number of likely N-dealkylation sites (N-methyl/N-ethyl adjacent to an activating group) is 1. The van der Waals surface area contributed by atoms with Crippen LogP contribution in [-0.4, -0.2) is 65.9 Å². The molecule has 3 amide bonds. The number of amides is 3. The zero-order valence-electron chi connectivity index (χ0n) is 15.1. The van der Waals surface area contributed by atoms with Gasteiger partial charge in [0.05, 0.1) is 16.4 Å². The number of carbonyl (C=O) groups is 3. The summed E-state index contributed by atoms with van der Waals surface area (Å²) in [5.41, 5.74) is 0.677. The second kappa shape index (κ2) is 8.26. The van der Waals surface area contributed by atoms with E-state index in [1.807, 2.05) is 0 Å². The van der Waals surface area contributed by atoms with Crippen molar-refractivity contribution in [2.24, 2.45) is 0 Å². The largest absolute Gasteiger partial charge is 0.337 e. The number of benzene rings is 1. The van der Waals surface area contributed by atoms with Crippen LogP contribution in [0.3, 0.4) is 0 Å². The van der Waals surface area contributed by atoms with E-state index in [2.05, 4.69) is 0 Å². The van der Waals surface area contributed by atoms with Crippen molar-refractivity contribution < 1.29 is 22.8 Å². The molecule has 0 spiro atoms. The van der Waals surface area contributed by atoms with Gasteiger partial charge in [0.15, 0.2) is 9.84 Å². The van der Waals surface area contributed by atoms with E-state index in [0.717, 1.165) is 16.7 Å². The van der Waals surface area contributed by atoms with Crippen LogP contribution in [0.25, 0.3) is 6.08 Å². The third kappa shape index (κ3) is 4.59. The van der Waals surface area contributed by atoms with Crippen LogP contribution in [-0.2, 0) is 19.4 Å². The van der Waals surface area contributed by atoms with Crippen molar-refractivity contribution in [3.05, 3.63) is 39.8 Å². The number of thioether (sulfide) groups is 1. The first-order valence-corrected chi connectivity index (χ1v) is 11.7. The maximum absolute atomic E-state index is 12.7. The van der Waals surface area contributed by atoms with E-state index < -0.39 is 39.5 Å². The highest BCUT2D eigenvalue weighted by Crippen LogP contribution is 2.32. The number of rotatable bonds is 5. The van der Waals surface area contributed by atoms with Gasteiger partial charge >= 0.3 is 0 Å². The molecule has 28 heavy (non-hydrogen) atoms. The molecule has 2 fully saturated rings. The van der Waals surface area contributed by atoms with E-state index in [1.165, 1.54) is 4.90 Å². The van der Waals surface area contributed by atoms with E-state index in [4.69, 9.17) is 11.6 Å². The monoisotopic (exact) mass is 442 g/mol. The van der Waals surface area contributed by atoms with Crippen molar-refractivity contribution in [3.63, 3.8) is 0 Å². The standard InChI is InChI=1S/C18H19ClN2O5S2/c1-2-20(14-6-7-28(25,26)11-14)16(22)10-21-17(23)15(27-18(21)24)9-12-4-3-5-13(19)8-12/h3-5,8-9,14H,2,6-7,10-11H2,1H3. The summed E-state index contributed by atoms with van der Waals surface area (Å²) in [5, 5.41) is -0.0185. The number of imide groups is 1. The summed E-state index contributed by atoms with van der Waals surface area (Å²) in [6, 6.07) is 6.44. The molecular weight excluding hydrogens is 424 g/mol. The van der Waals surface area contributed by atoms with Crippen molar-refractivity contribution in [3.8, 4) is 0 Å². The molecule has 0 saturated carbocycles. The van der Waals surface area contributed by atoms with E-state index in [-0.39, 0.29) is 16.4 Å². The molecule has 7 nitrogen and oxygen atoms in total. The average Bonchev–Trinajstić information content (AvgIpc) is 3.10. The summed E-state index contributed by atoms with van der Waals surface area (Å²) in [4.78, 5) is 40.1. The topological polar surface area (TPSA) is 91.8 Å². The summed E-state index contributed by atoms with van der Waals surface area (Å²) in [7, 11) is -3.15. The summed E-state index contributed by atoms with van der Waals surface area (Å²) in [5.74, 6) is -1.01. The number of halogens is 1. The van der Waals surface area contributed by atoms with E-state index in [1.54, 1.807) is 37.3 Å². The summed E-state index contributed by atoms with van der Waals surface area (Å²) < 4.78 is 23.4. The zero-order valence-corrected chi connectivity index (χ0v) is 17.5. The van der Waals surface area contributed by atoms with Crippen LogP contribution < -0.4 is 0 Å². The Kier molecular flexibility index (Phi) is 6.16. The molecule has 0 aliphatic carbocycles. The SMILES string of the molecule is CCN(C(=O)CN1C(=O)SC(=Cc2cccc(Cl)c2)C1=O)C1CCS(=O)(=O)C1. The summed E-state index contributed by atoms with van der Waals surface area (Å²) >= 11 is 6.70. The Morgan fingerprint density at radius 3 is 2.75 bits per heavy atom. The smallest absolute Gasteiger partial charge is 0.294 e. The third-order valence-electron chi connectivity index (χ3n) is 4.62. The molecule has 1 aromatic carbocycles. The van der Waals surface area contributed by atoms with Crippen LogP contribution in [0, 0.1) is 0 Å². The van der Waals surface area contributed by atoms with Gasteiger partial charge < -0.3 is 4.90 Å². The van der Waals surface area contributed by atoms with Crippen molar-refractivity contribution >= 4 is 56.3 Å². The molecule has 10 heteroatoms. The Bertz CT molecular complexity index is 960. The fourth-order valence-electron chi connectivity index (χ4n) is 3.27. The molecule has 2 heterocycles. The average molecular weight is 443 g/mol. The van der Waals surface area contributed by atoms with Gasteiger partial charge in [-0.3, -0.25) is 19.3 Å². The maximum atomic E-state index is 12.7. The van der Waals surface area contributed by atoms with Crippen LogP contribution in [0.4, 0.5) is 4.79 Å². The highest BCUT2D eigenvalue weighted by Gasteiger charge is 2.39. The second-order valence-corrected chi connectivity index (χ2v) is 10.2. The molecule has 0 radical (unpaired) electrons. The van der Waals surface area contributed by atoms with Gasteiger partial charge in [-0.25, -0.2) is 8.42 Å². The van der Waals surface area contributed by atoms with Gasteiger partial charge in [0.25, 0.3) is 11.1 Å². The lowest BCUT2D eigenvalue weighted by Crippen LogP contribution is -2.47. The van der Waals surface area contributed by atoms with Gasteiger partial charge in [-0.1, -0.05) is 23.7 Å². The van der Waals surface area contributed by atoms with Crippen molar-refractivity contribution in [1.29, 1.82) is 0 Å². The molecule has 1 aromatic rings. The van der Waals surface area contributed by atoms with Gasteiger partial charge in [-0.15, -0.1) is 0 Å². The fraction of sp³-hybridized carbons (Fsp3) is 0.389. The first-order valence-electron chi connectivity index (χ1n) is 8.71. The van der Waals surface area contributed by atoms with Crippen LogP contribution in [0.1, 0.15) is 18.9 Å². The van der Waals surface area contributed by atoms with Crippen molar-refractivity contribution in [2.75, 3.05) is 24.6 Å². The third-order valence-corrected chi connectivity index (χ3v) is 7.52. The number of hydrogen-bond acceptors (Lipinski definition) is 6. The Hall–Kier alpha value is -1.84. The fourth-order valence-corrected chi connectivity index (χ4v) is 6.04. The number of nitrogens with zero attached hydrogens (tertiary/aromatic N) is 2. The molecule has 0 aromatic heterocycles. The molecule has 2 aliphatic rings. The van der Waals surface area contributed by atoms with E-state index >= 15 is 0 Å². The van der Waals surface area contributed by atoms with Gasteiger partial charge in [0, 0.05) is 17.6 Å². The Labute approximate surface area is 172 Å². The van der Waals surface area contributed by atoms with Crippen molar-refractivity contribution in [1.82, 2.24) is 9.80 Å². The minimum Gasteiger partial charge on any atom is -0.337 e. The predicted octanol–water partition coefficient (Wildman–Crippen LogP) is 2.41. The molecule has 2 aliphatic heterocycles. The van der Waals surface area contributed by atoms with Crippen LogP contribution in [0.15, 0.2) is 29.2 Å². The molecular formula is C18H19ClN2O5S2. The molecule has 2 saturated heterocycles. The molecule has 3 rings (SSSR count). The Morgan fingerprint density at radius 1 is 1.39 bits per heavy atom. The second-order valence-electron chi connectivity index (χ2n) is 6.56. The minimum absolute atomic E-state index is 0.0470. The normalized spacial score (nSPS) is 22.9. The molecule has 1 atom stereocenters. The molecule has 150 valence electrons. The van der Waals surface area contributed by atoms with Crippen molar-refractivity contribution in [2.45, 2.75) is 19.4 Å². The number of sulfone groups is 1.